The first-order valence-corrected chi connectivity index (χ1v) is 4.95. The second kappa shape index (κ2) is 5.13. The normalized spacial score (nSPS) is 10.6. The zero-order chi connectivity index (χ0) is 13.2. The minimum atomic E-state index is -3.10. The van der Waals surface area contributed by atoms with Crippen molar-refractivity contribution < 1.29 is 23.6 Å². The van der Waals surface area contributed by atoms with Crippen molar-refractivity contribution in [3.05, 3.63) is 32.0 Å². The number of rotatable bonds is 4. The predicted molar refractivity (Wildman–Crippen MR) is 54.9 cm³/mol. The van der Waals surface area contributed by atoms with Crippen LogP contribution in [0.4, 0.5) is 14.5 Å². The largest absolute Gasteiger partial charge is 0.481 e. The number of alkyl halides is 2. The Morgan fingerprint density at radius 3 is 2.65 bits per heavy atom. The van der Waals surface area contributed by atoms with Gasteiger partial charge in [-0.15, -0.1) is 0 Å². The molecule has 0 bridgehead atoms. The smallest absolute Gasteiger partial charge is 0.309 e. The maximum Gasteiger partial charge on any atom is 0.309 e. The average molecular weight is 311 g/mol. The Bertz CT molecular complexity index is 481. The molecule has 0 spiro atoms. The Morgan fingerprint density at radius 1 is 1.65 bits per heavy atom. The van der Waals surface area contributed by atoms with Crippen LogP contribution in [0.5, 0.6) is 0 Å². The van der Waals surface area contributed by atoms with Crippen molar-refractivity contribution in [2.24, 2.45) is 0 Å². The minimum Gasteiger partial charge on any atom is -0.481 e. The van der Waals surface area contributed by atoms with Gasteiger partial charge in [0.2, 0.25) is 0 Å². The molecule has 1 N–H and O–H groups in total. The fourth-order valence-corrected chi connectivity index (χ4v) is 1.77. The summed E-state index contributed by atoms with van der Waals surface area (Å²) in [5.74, 6) is -1.27. The Morgan fingerprint density at radius 2 is 2.24 bits per heavy atom. The van der Waals surface area contributed by atoms with Crippen molar-refractivity contribution in [2.45, 2.75) is 12.8 Å². The van der Waals surface area contributed by atoms with Gasteiger partial charge in [0.05, 0.1) is 21.5 Å². The van der Waals surface area contributed by atoms with Gasteiger partial charge in [-0.1, -0.05) is 0 Å². The second-order valence-electron chi connectivity index (χ2n) is 2.95. The van der Waals surface area contributed by atoms with E-state index in [0.29, 0.717) is 6.20 Å². The van der Waals surface area contributed by atoms with Crippen molar-refractivity contribution in [3.63, 3.8) is 0 Å². The lowest BCUT2D eigenvalue weighted by atomic mass is 10.1. The molecular formula is C8H5BrF2N2O4. The SMILES string of the molecule is O=C(O)Cc1ncc([N+](=O)[O-])c(C(F)F)c1Br. The third-order valence-electron chi connectivity index (χ3n) is 1.84. The predicted octanol–water partition coefficient (Wildman–Crippen LogP) is 2.32. The number of pyridine rings is 1. The van der Waals surface area contributed by atoms with Gasteiger partial charge < -0.3 is 5.11 Å². The Balaban J connectivity index is 3.38. The van der Waals surface area contributed by atoms with E-state index in [0.717, 1.165) is 0 Å². The number of halogens is 3. The number of nitrogens with zero attached hydrogens (tertiary/aromatic N) is 2. The summed E-state index contributed by atoms with van der Waals surface area (Å²) in [5.41, 5.74) is -1.89. The van der Waals surface area contributed by atoms with E-state index in [1.165, 1.54) is 0 Å². The van der Waals surface area contributed by atoms with Gasteiger partial charge in [0.1, 0.15) is 11.8 Å². The number of nitro groups is 1. The van der Waals surface area contributed by atoms with Crippen LogP contribution in [0.15, 0.2) is 10.7 Å². The maximum atomic E-state index is 12.7. The average Bonchev–Trinajstić information content (AvgIpc) is 2.19. The number of aliphatic carboxylic acids is 1. The summed E-state index contributed by atoms with van der Waals surface area (Å²) in [7, 11) is 0. The zero-order valence-corrected chi connectivity index (χ0v) is 9.65. The highest BCUT2D eigenvalue weighted by molar-refractivity contribution is 9.10. The summed E-state index contributed by atoms with van der Waals surface area (Å²) in [6.07, 6.45) is -3.07. The van der Waals surface area contributed by atoms with Crippen LogP contribution >= 0.6 is 15.9 Å². The highest BCUT2D eigenvalue weighted by Gasteiger charge is 2.28. The van der Waals surface area contributed by atoms with Crippen molar-refractivity contribution in [1.82, 2.24) is 4.98 Å². The van der Waals surface area contributed by atoms with E-state index in [-0.39, 0.29) is 10.2 Å². The van der Waals surface area contributed by atoms with Gasteiger partial charge in [-0.2, -0.15) is 0 Å². The van der Waals surface area contributed by atoms with Gasteiger partial charge >= 0.3 is 5.97 Å². The lowest BCUT2D eigenvalue weighted by Crippen LogP contribution is -2.07. The third-order valence-corrected chi connectivity index (χ3v) is 2.73. The summed E-state index contributed by atoms with van der Waals surface area (Å²) in [4.78, 5) is 23.4. The van der Waals surface area contributed by atoms with E-state index in [1.807, 2.05) is 0 Å². The maximum absolute atomic E-state index is 12.7. The number of carbonyl (C=O) groups is 1. The second-order valence-corrected chi connectivity index (χ2v) is 3.74. The molecule has 1 aromatic heterocycles. The molecule has 0 fully saturated rings. The number of hydrogen-bond donors (Lipinski definition) is 1. The van der Waals surface area contributed by atoms with E-state index >= 15 is 0 Å². The van der Waals surface area contributed by atoms with E-state index in [4.69, 9.17) is 5.11 Å². The first-order valence-electron chi connectivity index (χ1n) is 4.16. The van der Waals surface area contributed by atoms with E-state index < -0.39 is 35.0 Å². The van der Waals surface area contributed by atoms with Crippen LogP contribution in [-0.4, -0.2) is 21.0 Å². The van der Waals surface area contributed by atoms with Crippen LogP contribution in [0, 0.1) is 10.1 Å². The Kier molecular flexibility index (Phi) is 4.05. The molecule has 0 aliphatic heterocycles. The molecule has 0 saturated heterocycles. The molecule has 9 heteroatoms. The summed E-state index contributed by atoms with van der Waals surface area (Å²) in [5, 5.41) is 19.0. The van der Waals surface area contributed by atoms with Crippen molar-refractivity contribution >= 4 is 27.6 Å². The molecule has 0 aliphatic rings. The molecule has 0 aromatic carbocycles. The fourth-order valence-electron chi connectivity index (χ4n) is 1.15. The van der Waals surface area contributed by atoms with Crippen molar-refractivity contribution in [2.75, 3.05) is 0 Å². The van der Waals surface area contributed by atoms with Crippen LogP contribution in [-0.2, 0) is 11.2 Å². The van der Waals surface area contributed by atoms with Gasteiger partial charge in [0.25, 0.3) is 12.1 Å². The summed E-state index contributed by atoms with van der Waals surface area (Å²) < 4.78 is 25.0. The van der Waals surface area contributed by atoms with Crippen LogP contribution in [0.2, 0.25) is 0 Å². The van der Waals surface area contributed by atoms with E-state index in [9.17, 15) is 23.7 Å². The van der Waals surface area contributed by atoms with Crippen LogP contribution in [0.1, 0.15) is 17.7 Å². The Labute approximate surface area is 102 Å². The quantitative estimate of drug-likeness (QED) is 0.680. The molecule has 17 heavy (non-hydrogen) atoms. The molecule has 1 heterocycles. The van der Waals surface area contributed by atoms with Crippen LogP contribution < -0.4 is 0 Å². The number of aromatic nitrogens is 1. The molecule has 0 aliphatic carbocycles. The Hall–Kier alpha value is -1.64. The van der Waals surface area contributed by atoms with Gasteiger partial charge in [-0.3, -0.25) is 19.9 Å². The number of carboxylic acids is 1. The molecule has 1 aromatic rings. The van der Waals surface area contributed by atoms with Gasteiger partial charge in [0, 0.05) is 0 Å². The summed E-state index contributed by atoms with van der Waals surface area (Å²) in [6.45, 7) is 0. The molecule has 0 radical (unpaired) electrons. The molecule has 0 amide bonds. The van der Waals surface area contributed by atoms with Gasteiger partial charge in [-0.25, -0.2) is 8.78 Å². The van der Waals surface area contributed by atoms with Gasteiger partial charge in [-0.05, 0) is 15.9 Å². The highest BCUT2D eigenvalue weighted by Crippen LogP contribution is 2.36. The lowest BCUT2D eigenvalue weighted by Gasteiger charge is -2.07. The van der Waals surface area contributed by atoms with Crippen LogP contribution in [0.25, 0.3) is 0 Å². The summed E-state index contributed by atoms with van der Waals surface area (Å²) >= 11 is 2.72. The third kappa shape index (κ3) is 2.93. The van der Waals surface area contributed by atoms with Crippen molar-refractivity contribution in [1.29, 1.82) is 0 Å². The minimum absolute atomic E-state index is 0.182. The topological polar surface area (TPSA) is 93.3 Å². The molecule has 1 rings (SSSR count). The first kappa shape index (κ1) is 13.4. The number of carboxylic acid groups (broad SMARTS) is 1. The molecule has 0 atom stereocenters. The zero-order valence-electron chi connectivity index (χ0n) is 8.06. The molecule has 0 unspecified atom stereocenters. The fraction of sp³-hybridized carbons (Fsp3) is 0.250. The first-order chi connectivity index (χ1) is 7.84. The molecule has 92 valence electrons. The van der Waals surface area contributed by atoms with E-state index in [1.54, 1.807) is 0 Å². The van der Waals surface area contributed by atoms with E-state index in [2.05, 4.69) is 20.9 Å². The molecule has 0 saturated carbocycles. The monoisotopic (exact) mass is 310 g/mol. The van der Waals surface area contributed by atoms with Crippen molar-refractivity contribution in [3.8, 4) is 0 Å². The number of hydrogen-bond acceptors (Lipinski definition) is 4. The summed E-state index contributed by atoms with van der Waals surface area (Å²) in [6, 6.07) is 0. The molecular weight excluding hydrogens is 306 g/mol. The van der Waals surface area contributed by atoms with Gasteiger partial charge in [0.15, 0.2) is 0 Å². The highest BCUT2D eigenvalue weighted by atomic mass is 79.9. The molecule has 6 nitrogen and oxygen atoms in total. The van der Waals surface area contributed by atoms with Crippen LogP contribution in [0.3, 0.4) is 0 Å². The lowest BCUT2D eigenvalue weighted by molar-refractivity contribution is -0.386. The standard InChI is InChI=1S/C8H5BrF2N2O4/c9-7-3(1-5(14)15)12-2-4(13(16)17)6(7)8(10)11/h2,8H,1H2,(H,14,15).